The molecule has 0 bridgehead atoms. The van der Waals surface area contributed by atoms with Gasteiger partial charge in [-0.15, -0.1) is 0 Å². The number of nitrogens with one attached hydrogen (secondary N) is 1. The molecule has 1 aromatic heterocycles. The highest BCUT2D eigenvalue weighted by Crippen LogP contribution is 2.22. The standard InChI is InChI=1S/C13H19N5/c1-11-3-7-18(8-4-11)13-9-12(16-10-17-13)15-6-2-5-14/h9-11H,2-4,6-8H2,1H3,(H,15,16,17). The summed E-state index contributed by atoms with van der Waals surface area (Å²) < 4.78 is 0. The first kappa shape index (κ1) is 12.6. The fraction of sp³-hybridized carbons (Fsp3) is 0.615. The van der Waals surface area contributed by atoms with Crippen molar-refractivity contribution in [3.8, 4) is 6.07 Å². The average molecular weight is 245 g/mol. The Kier molecular flexibility index (Phi) is 4.35. The van der Waals surface area contributed by atoms with Crippen LogP contribution in [0.5, 0.6) is 0 Å². The van der Waals surface area contributed by atoms with E-state index in [2.05, 4.69) is 33.2 Å². The van der Waals surface area contributed by atoms with Gasteiger partial charge in [-0.1, -0.05) is 6.92 Å². The predicted molar refractivity (Wildman–Crippen MR) is 71.4 cm³/mol. The molecule has 0 aromatic carbocycles. The quantitative estimate of drug-likeness (QED) is 0.822. The van der Waals surface area contributed by atoms with Crippen LogP contribution in [0.2, 0.25) is 0 Å². The highest BCUT2D eigenvalue weighted by Gasteiger charge is 2.17. The second-order valence-corrected chi connectivity index (χ2v) is 4.77. The Morgan fingerprint density at radius 2 is 2.22 bits per heavy atom. The van der Waals surface area contributed by atoms with Crippen molar-refractivity contribution in [1.29, 1.82) is 5.26 Å². The Hall–Kier alpha value is -1.83. The van der Waals surface area contributed by atoms with E-state index < -0.39 is 0 Å². The van der Waals surface area contributed by atoms with Crippen LogP contribution in [-0.2, 0) is 0 Å². The normalized spacial score (nSPS) is 16.3. The fourth-order valence-electron chi connectivity index (χ4n) is 2.10. The molecule has 1 saturated heterocycles. The van der Waals surface area contributed by atoms with Crippen LogP contribution in [0.15, 0.2) is 12.4 Å². The second kappa shape index (κ2) is 6.20. The number of anilines is 2. The average Bonchev–Trinajstić information content (AvgIpc) is 2.40. The van der Waals surface area contributed by atoms with Gasteiger partial charge in [-0.2, -0.15) is 5.26 Å². The largest absolute Gasteiger partial charge is 0.369 e. The van der Waals surface area contributed by atoms with Crippen LogP contribution in [0, 0.1) is 17.2 Å². The first-order valence-electron chi connectivity index (χ1n) is 6.47. The molecule has 1 fully saturated rings. The molecule has 1 aliphatic heterocycles. The van der Waals surface area contributed by atoms with Crippen LogP contribution in [0.4, 0.5) is 11.6 Å². The number of piperidine rings is 1. The molecule has 1 N–H and O–H groups in total. The molecule has 1 aromatic rings. The van der Waals surface area contributed by atoms with Gasteiger partial charge < -0.3 is 10.2 Å². The molecule has 96 valence electrons. The molecule has 0 spiro atoms. The molecule has 0 aliphatic carbocycles. The molecule has 0 amide bonds. The monoisotopic (exact) mass is 245 g/mol. The van der Waals surface area contributed by atoms with Gasteiger partial charge >= 0.3 is 0 Å². The molecule has 5 heteroatoms. The molecule has 1 aliphatic rings. The second-order valence-electron chi connectivity index (χ2n) is 4.77. The first-order valence-corrected chi connectivity index (χ1v) is 6.47. The van der Waals surface area contributed by atoms with Crippen LogP contribution < -0.4 is 10.2 Å². The maximum atomic E-state index is 8.50. The molecule has 0 atom stereocenters. The van der Waals surface area contributed by atoms with E-state index in [-0.39, 0.29) is 0 Å². The van der Waals surface area contributed by atoms with Crippen LogP contribution in [0.1, 0.15) is 26.2 Å². The van der Waals surface area contributed by atoms with Crippen LogP contribution in [0.25, 0.3) is 0 Å². The van der Waals surface area contributed by atoms with Crippen molar-refractivity contribution < 1.29 is 0 Å². The lowest BCUT2D eigenvalue weighted by molar-refractivity contribution is 0.436. The van der Waals surface area contributed by atoms with Gasteiger partial charge in [0.1, 0.15) is 18.0 Å². The van der Waals surface area contributed by atoms with Crippen molar-refractivity contribution in [3.05, 3.63) is 12.4 Å². The molecule has 5 nitrogen and oxygen atoms in total. The van der Waals surface area contributed by atoms with Gasteiger partial charge in [0.2, 0.25) is 0 Å². The zero-order valence-corrected chi connectivity index (χ0v) is 10.8. The van der Waals surface area contributed by atoms with E-state index in [4.69, 9.17) is 5.26 Å². The summed E-state index contributed by atoms with van der Waals surface area (Å²) in [5.74, 6) is 2.60. The van der Waals surface area contributed by atoms with E-state index >= 15 is 0 Å². The zero-order chi connectivity index (χ0) is 12.8. The molecule has 2 heterocycles. The van der Waals surface area contributed by atoms with E-state index in [1.165, 1.54) is 12.8 Å². The van der Waals surface area contributed by atoms with Crippen molar-refractivity contribution >= 4 is 11.6 Å². The van der Waals surface area contributed by atoms with Gasteiger partial charge in [-0.25, -0.2) is 9.97 Å². The number of nitrogens with zero attached hydrogens (tertiary/aromatic N) is 4. The highest BCUT2D eigenvalue weighted by molar-refractivity contribution is 5.48. The summed E-state index contributed by atoms with van der Waals surface area (Å²) in [7, 11) is 0. The summed E-state index contributed by atoms with van der Waals surface area (Å²) in [6, 6.07) is 4.07. The lowest BCUT2D eigenvalue weighted by Crippen LogP contribution is -2.33. The first-order chi connectivity index (χ1) is 8.79. The van der Waals surface area contributed by atoms with Crippen molar-refractivity contribution in [3.63, 3.8) is 0 Å². The maximum Gasteiger partial charge on any atom is 0.134 e. The van der Waals surface area contributed by atoms with Crippen molar-refractivity contribution in [2.24, 2.45) is 5.92 Å². The van der Waals surface area contributed by atoms with Gasteiger partial charge in [0.05, 0.1) is 12.5 Å². The molecule has 0 unspecified atom stereocenters. The van der Waals surface area contributed by atoms with E-state index in [9.17, 15) is 0 Å². The number of aromatic nitrogens is 2. The Bertz CT molecular complexity index is 418. The third kappa shape index (κ3) is 3.33. The molecule has 2 rings (SSSR count). The van der Waals surface area contributed by atoms with Crippen molar-refractivity contribution in [1.82, 2.24) is 9.97 Å². The lowest BCUT2D eigenvalue weighted by atomic mass is 9.99. The van der Waals surface area contributed by atoms with Crippen LogP contribution >= 0.6 is 0 Å². The Balaban J connectivity index is 1.96. The summed E-state index contributed by atoms with van der Waals surface area (Å²) >= 11 is 0. The lowest BCUT2D eigenvalue weighted by Gasteiger charge is -2.31. The third-order valence-corrected chi connectivity index (χ3v) is 3.30. The SMILES string of the molecule is CC1CCN(c2cc(NCCC#N)ncn2)CC1. The van der Waals surface area contributed by atoms with Gasteiger partial charge in [0.15, 0.2) is 0 Å². The molecule has 0 radical (unpaired) electrons. The van der Waals surface area contributed by atoms with Crippen molar-refractivity contribution in [2.45, 2.75) is 26.2 Å². The Morgan fingerprint density at radius 3 is 2.94 bits per heavy atom. The summed E-state index contributed by atoms with van der Waals surface area (Å²) in [4.78, 5) is 10.8. The Morgan fingerprint density at radius 1 is 1.44 bits per heavy atom. The van der Waals surface area contributed by atoms with Gasteiger partial charge in [-0.3, -0.25) is 0 Å². The number of rotatable bonds is 4. The summed E-state index contributed by atoms with van der Waals surface area (Å²) in [6.45, 7) is 5.06. The van der Waals surface area contributed by atoms with Crippen LogP contribution in [0.3, 0.4) is 0 Å². The summed E-state index contributed by atoms with van der Waals surface area (Å²) in [5.41, 5.74) is 0. The summed E-state index contributed by atoms with van der Waals surface area (Å²) in [6.07, 6.45) is 4.52. The maximum absolute atomic E-state index is 8.50. The molecular weight excluding hydrogens is 226 g/mol. The number of hydrogen-bond acceptors (Lipinski definition) is 5. The number of hydrogen-bond donors (Lipinski definition) is 1. The molecular formula is C13H19N5. The van der Waals surface area contributed by atoms with Gasteiger partial charge in [0.25, 0.3) is 0 Å². The fourth-order valence-corrected chi connectivity index (χ4v) is 2.10. The highest BCUT2D eigenvalue weighted by atomic mass is 15.2. The van der Waals surface area contributed by atoms with Crippen molar-refractivity contribution in [2.75, 3.05) is 29.9 Å². The third-order valence-electron chi connectivity index (χ3n) is 3.30. The minimum atomic E-state index is 0.487. The van der Waals surface area contributed by atoms with Gasteiger partial charge in [0, 0.05) is 25.7 Å². The summed E-state index contributed by atoms with van der Waals surface area (Å²) in [5, 5.41) is 11.6. The van der Waals surface area contributed by atoms with E-state index in [1.54, 1.807) is 6.33 Å². The topological polar surface area (TPSA) is 64.8 Å². The number of nitriles is 1. The molecule has 18 heavy (non-hydrogen) atoms. The zero-order valence-electron chi connectivity index (χ0n) is 10.8. The van der Waals surface area contributed by atoms with E-state index in [1.807, 2.05) is 6.07 Å². The smallest absolute Gasteiger partial charge is 0.134 e. The van der Waals surface area contributed by atoms with E-state index in [0.29, 0.717) is 13.0 Å². The molecule has 0 saturated carbocycles. The minimum Gasteiger partial charge on any atom is -0.369 e. The Labute approximate surface area is 108 Å². The minimum absolute atomic E-state index is 0.487. The van der Waals surface area contributed by atoms with Gasteiger partial charge in [-0.05, 0) is 18.8 Å². The van der Waals surface area contributed by atoms with Crippen LogP contribution in [-0.4, -0.2) is 29.6 Å². The predicted octanol–water partition coefficient (Wildman–Crippen LogP) is 2.04. The van der Waals surface area contributed by atoms with E-state index in [0.717, 1.165) is 30.6 Å².